The summed E-state index contributed by atoms with van der Waals surface area (Å²) in [7, 11) is 0. The third-order valence-corrected chi connectivity index (χ3v) is 4.98. The van der Waals surface area contributed by atoms with Gasteiger partial charge in [0.1, 0.15) is 0 Å². The van der Waals surface area contributed by atoms with E-state index in [-0.39, 0.29) is 11.2 Å². The zero-order valence-electron chi connectivity index (χ0n) is 11.8. The van der Waals surface area contributed by atoms with Crippen molar-refractivity contribution in [2.24, 2.45) is 5.92 Å². The molecule has 104 valence electrons. The third-order valence-electron chi connectivity index (χ3n) is 3.86. The van der Waals surface area contributed by atoms with Gasteiger partial charge in [-0.3, -0.25) is 4.79 Å². The summed E-state index contributed by atoms with van der Waals surface area (Å²) < 4.78 is 0. The molecule has 1 N–H and O–H groups in total. The molecule has 1 fully saturated rings. The van der Waals surface area contributed by atoms with Gasteiger partial charge in [0.2, 0.25) is 5.91 Å². The molecule has 1 saturated carbocycles. The minimum absolute atomic E-state index is 0.0310. The van der Waals surface area contributed by atoms with Gasteiger partial charge in [-0.1, -0.05) is 38.0 Å². The molecular formula is C16H23NOS. The summed E-state index contributed by atoms with van der Waals surface area (Å²) in [6, 6.07) is 10.5. The summed E-state index contributed by atoms with van der Waals surface area (Å²) in [5.41, 5.74) is 0. The first kappa shape index (κ1) is 14.4. The molecule has 19 heavy (non-hydrogen) atoms. The minimum atomic E-state index is -0.0310. The number of amides is 1. The lowest BCUT2D eigenvalue weighted by molar-refractivity contribution is -0.121. The SMILES string of the molecule is CC(Sc1ccccc1)C(=O)NC1CCCCC1C. The van der Waals surface area contributed by atoms with Crippen LogP contribution in [0.15, 0.2) is 35.2 Å². The molecule has 3 atom stereocenters. The summed E-state index contributed by atoms with van der Waals surface area (Å²) in [5.74, 6) is 0.791. The maximum atomic E-state index is 12.2. The van der Waals surface area contributed by atoms with Crippen molar-refractivity contribution in [1.29, 1.82) is 0 Å². The predicted octanol–water partition coefficient (Wildman–Crippen LogP) is 3.86. The highest BCUT2D eigenvalue weighted by Gasteiger charge is 2.24. The van der Waals surface area contributed by atoms with Crippen LogP contribution >= 0.6 is 11.8 Å². The Kier molecular flexibility index (Phi) is 5.32. The second-order valence-electron chi connectivity index (χ2n) is 5.45. The fraction of sp³-hybridized carbons (Fsp3) is 0.562. The smallest absolute Gasteiger partial charge is 0.233 e. The summed E-state index contributed by atoms with van der Waals surface area (Å²) in [6.45, 7) is 4.24. The maximum Gasteiger partial charge on any atom is 0.233 e. The van der Waals surface area contributed by atoms with Crippen LogP contribution in [0.5, 0.6) is 0 Å². The summed E-state index contributed by atoms with van der Waals surface area (Å²) >= 11 is 1.63. The Hall–Kier alpha value is -0.960. The van der Waals surface area contributed by atoms with E-state index >= 15 is 0 Å². The van der Waals surface area contributed by atoms with E-state index in [1.807, 2.05) is 25.1 Å². The van der Waals surface area contributed by atoms with Crippen LogP contribution in [0.4, 0.5) is 0 Å². The number of thioether (sulfide) groups is 1. The van der Waals surface area contributed by atoms with Crippen LogP contribution in [0, 0.1) is 5.92 Å². The zero-order chi connectivity index (χ0) is 13.7. The number of nitrogens with one attached hydrogen (secondary N) is 1. The first-order valence-electron chi connectivity index (χ1n) is 7.19. The van der Waals surface area contributed by atoms with Gasteiger partial charge in [0.05, 0.1) is 5.25 Å². The quantitative estimate of drug-likeness (QED) is 0.847. The van der Waals surface area contributed by atoms with Gasteiger partial charge in [-0.05, 0) is 37.8 Å². The van der Waals surface area contributed by atoms with E-state index < -0.39 is 0 Å². The topological polar surface area (TPSA) is 29.1 Å². The molecule has 3 unspecified atom stereocenters. The Morgan fingerprint density at radius 2 is 1.95 bits per heavy atom. The molecule has 0 saturated heterocycles. The van der Waals surface area contributed by atoms with Gasteiger partial charge in [-0.15, -0.1) is 11.8 Å². The first-order valence-corrected chi connectivity index (χ1v) is 8.07. The van der Waals surface area contributed by atoms with Gasteiger partial charge in [-0.25, -0.2) is 0 Å². The highest BCUT2D eigenvalue weighted by atomic mass is 32.2. The van der Waals surface area contributed by atoms with Crippen molar-refractivity contribution >= 4 is 17.7 Å². The van der Waals surface area contributed by atoms with Crippen LogP contribution in [0.1, 0.15) is 39.5 Å². The third kappa shape index (κ3) is 4.27. The minimum Gasteiger partial charge on any atom is -0.352 e. The van der Waals surface area contributed by atoms with Gasteiger partial charge < -0.3 is 5.32 Å². The van der Waals surface area contributed by atoms with E-state index in [9.17, 15) is 4.79 Å². The Labute approximate surface area is 120 Å². The summed E-state index contributed by atoms with van der Waals surface area (Å²) in [6.07, 6.45) is 4.93. The molecule has 0 aliphatic heterocycles. The molecule has 2 nitrogen and oxygen atoms in total. The van der Waals surface area contributed by atoms with Gasteiger partial charge in [0, 0.05) is 10.9 Å². The average Bonchev–Trinajstić information content (AvgIpc) is 2.42. The number of hydrogen-bond acceptors (Lipinski definition) is 2. The van der Waals surface area contributed by atoms with Crippen molar-refractivity contribution in [2.45, 2.75) is 55.7 Å². The lowest BCUT2D eigenvalue weighted by Crippen LogP contribution is -2.44. The normalized spacial score (nSPS) is 24.7. The van der Waals surface area contributed by atoms with Crippen LogP contribution < -0.4 is 5.32 Å². The lowest BCUT2D eigenvalue weighted by Gasteiger charge is -2.30. The van der Waals surface area contributed by atoms with Crippen molar-refractivity contribution in [3.05, 3.63) is 30.3 Å². The molecule has 0 aromatic heterocycles. The van der Waals surface area contributed by atoms with Gasteiger partial charge >= 0.3 is 0 Å². The van der Waals surface area contributed by atoms with E-state index in [1.54, 1.807) is 11.8 Å². The van der Waals surface area contributed by atoms with Crippen LogP contribution in [0.3, 0.4) is 0 Å². The molecule has 3 heteroatoms. The number of carbonyl (C=O) groups is 1. The first-order chi connectivity index (χ1) is 9.16. The zero-order valence-corrected chi connectivity index (χ0v) is 12.6. The molecule has 0 radical (unpaired) electrons. The van der Waals surface area contributed by atoms with Gasteiger partial charge in [-0.2, -0.15) is 0 Å². The Balaban J connectivity index is 1.85. The second kappa shape index (κ2) is 6.99. The van der Waals surface area contributed by atoms with Gasteiger partial charge in [0.25, 0.3) is 0 Å². The standard InChI is InChI=1S/C16H23NOS/c1-12-8-6-7-11-15(12)17-16(18)13(2)19-14-9-4-3-5-10-14/h3-5,9-10,12-13,15H,6-8,11H2,1-2H3,(H,17,18). The molecule has 1 aromatic rings. The monoisotopic (exact) mass is 277 g/mol. The lowest BCUT2D eigenvalue weighted by atomic mass is 9.86. The Morgan fingerprint density at radius 1 is 1.26 bits per heavy atom. The molecule has 2 rings (SSSR count). The highest BCUT2D eigenvalue weighted by Crippen LogP contribution is 2.26. The molecule has 1 aliphatic rings. The van der Waals surface area contributed by atoms with Crippen molar-refractivity contribution in [2.75, 3.05) is 0 Å². The number of carbonyl (C=O) groups excluding carboxylic acids is 1. The highest BCUT2D eigenvalue weighted by molar-refractivity contribution is 8.00. The summed E-state index contributed by atoms with van der Waals surface area (Å²) in [5, 5.41) is 3.20. The largest absolute Gasteiger partial charge is 0.352 e. The van der Waals surface area contributed by atoms with Crippen molar-refractivity contribution in [1.82, 2.24) is 5.32 Å². The Bertz CT molecular complexity index is 406. The van der Waals surface area contributed by atoms with E-state index in [0.29, 0.717) is 12.0 Å². The molecule has 0 bridgehead atoms. The molecule has 1 amide bonds. The average molecular weight is 277 g/mol. The molecular weight excluding hydrogens is 254 g/mol. The van der Waals surface area contributed by atoms with Crippen LogP contribution in [0.2, 0.25) is 0 Å². The molecule has 0 spiro atoms. The van der Waals surface area contributed by atoms with Gasteiger partial charge in [0.15, 0.2) is 0 Å². The Morgan fingerprint density at radius 3 is 2.63 bits per heavy atom. The van der Waals surface area contributed by atoms with E-state index in [4.69, 9.17) is 0 Å². The molecule has 1 aliphatic carbocycles. The van der Waals surface area contributed by atoms with Crippen molar-refractivity contribution in [3.8, 4) is 0 Å². The fourth-order valence-electron chi connectivity index (χ4n) is 2.59. The molecule has 0 heterocycles. The van der Waals surface area contributed by atoms with E-state index in [0.717, 1.165) is 11.3 Å². The van der Waals surface area contributed by atoms with Crippen LogP contribution in [-0.2, 0) is 4.79 Å². The number of benzene rings is 1. The molecule has 1 aromatic carbocycles. The second-order valence-corrected chi connectivity index (χ2v) is 6.86. The fourth-order valence-corrected chi connectivity index (χ4v) is 3.49. The number of rotatable bonds is 4. The summed E-state index contributed by atoms with van der Waals surface area (Å²) in [4.78, 5) is 13.4. The van der Waals surface area contributed by atoms with Crippen molar-refractivity contribution < 1.29 is 4.79 Å². The van der Waals surface area contributed by atoms with Crippen LogP contribution in [-0.4, -0.2) is 17.2 Å². The predicted molar refractivity (Wildman–Crippen MR) is 81.3 cm³/mol. The number of hydrogen-bond donors (Lipinski definition) is 1. The van der Waals surface area contributed by atoms with Crippen LogP contribution in [0.25, 0.3) is 0 Å². The van der Waals surface area contributed by atoms with Crippen molar-refractivity contribution in [3.63, 3.8) is 0 Å². The van der Waals surface area contributed by atoms with E-state index in [1.165, 1.54) is 19.3 Å². The van der Waals surface area contributed by atoms with E-state index in [2.05, 4.69) is 24.4 Å². The maximum absolute atomic E-state index is 12.2.